The molecule has 0 saturated heterocycles. The first kappa shape index (κ1) is 18.3. The molecule has 1 heterocycles. The molecule has 2 N–H and O–H groups in total. The Hall–Kier alpha value is -3.12. The predicted octanol–water partition coefficient (Wildman–Crippen LogP) is 3.08. The molecule has 144 valence electrons. The monoisotopic (exact) mass is 378 g/mol. The Morgan fingerprint density at radius 1 is 1.18 bits per heavy atom. The number of rotatable bonds is 6. The molecule has 6 nitrogen and oxygen atoms in total. The van der Waals surface area contributed by atoms with Crippen LogP contribution in [-0.4, -0.2) is 22.3 Å². The molecule has 1 aliphatic carbocycles. The number of nitrogens with zero attached hydrogens (tertiary/aromatic N) is 1. The van der Waals surface area contributed by atoms with Crippen molar-refractivity contribution in [3.63, 3.8) is 0 Å². The first-order valence-electron chi connectivity index (χ1n) is 9.48. The molecule has 2 aromatic carbocycles. The molecular formula is C22H22N2O4. The minimum Gasteiger partial charge on any atom is -0.493 e. The summed E-state index contributed by atoms with van der Waals surface area (Å²) < 4.78 is 7.59. The summed E-state index contributed by atoms with van der Waals surface area (Å²) in [5.41, 5.74) is 4.37. The van der Waals surface area contributed by atoms with Crippen molar-refractivity contribution in [3.05, 3.63) is 75.7 Å². The minimum absolute atomic E-state index is 0.161. The molecule has 28 heavy (non-hydrogen) atoms. The predicted molar refractivity (Wildman–Crippen MR) is 106 cm³/mol. The van der Waals surface area contributed by atoms with Crippen molar-refractivity contribution >= 4 is 16.7 Å². The fraction of sp³-hybridized carbons (Fsp3) is 0.273. The number of benzene rings is 2. The van der Waals surface area contributed by atoms with Crippen LogP contribution in [-0.2, 0) is 19.4 Å². The first-order chi connectivity index (χ1) is 13.7. The normalized spacial score (nSPS) is 12.8. The number of hydrogen-bond donors (Lipinski definition) is 2. The molecule has 0 saturated carbocycles. The molecule has 0 aliphatic heterocycles. The summed E-state index contributed by atoms with van der Waals surface area (Å²) in [6.45, 7) is 1.06. The van der Waals surface area contributed by atoms with Crippen molar-refractivity contribution in [2.75, 3.05) is 6.61 Å². The van der Waals surface area contributed by atoms with Crippen LogP contribution >= 0.6 is 0 Å². The molecule has 4 rings (SSSR count). The standard InChI is InChI=1S/C22H22N2O4/c25-21(23-27)17-9-8-16-10-12-24(22(26)19(16)14-17)11-3-13-28-20-7-2-5-15-4-1-6-18(15)20/h2,5,7-10,12,14,27H,1,3-4,6,11,13H2,(H,23,25). The summed E-state index contributed by atoms with van der Waals surface area (Å²) in [5, 5.41) is 9.99. The number of hydroxylamine groups is 1. The largest absolute Gasteiger partial charge is 0.493 e. The van der Waals surface area contributed by atoms with Crippen LogP contribution < -0.4 is 15.8 Å². The number of hydrogen-bond acceptors (Lipinski definition) is 4. The van der Waals surface area contributed by atoms with Crippen LogP contribution in [0.1, 0.15) is 34.3 Å². The van der Waals surface area contributed by atoms with E-state index in [1.165, 1.54) is 23.6 Å². The van der Waals surface area contributed by atoms with Gasteiger partial charge in [0.05, 0.1) is 6.61 Å². The average molecular weight is 378 g/mol. The van der Waals surface area contributed by atoms with Gasteiger partial charge in [-0.25, -0.2) is 5.48 Å². The average Bonchev–Trinajstić information content (AvgIpc) is 3.21. The van der Waals surface area contributed by atoms with Gasteiger partial charge in [-0.3, -0.25) is 14.8 Å². The lowest BCUT2D eigenvalue weighted by Gasteiger charge is -2.12. The number of nitrogens with one attached hydrogen (secondary N) is 1. The second-order valence-electron chi connectivity index (χ2n) is 7.01. The molecule has 0 spiro atoms. The Morgan fingerprint density at radius 3 is 2.93 bits per heavy atom. The van der Waals surface area contributed by atoms with Crippen molar-refractivity contribution in [2.45, 2.75) is 32.2 Å². The van der Waals surface area contributed by atoms with E-state index in [1.54, 1.807) is 28.4 Å². The van der Waals surface area contributed by atoms with Gasteiger partial charge >= 0.3 is 0 Å². The quantitative estimate of drug-likeness (QED) is 0.392. The summed E-state index contributed by atoms with van der Waals surface area (Å²) in [6.07, 6.45) is 5.83. The van der Waals surface area contributed by atoms with E-state index in [0.717, 1.165) is 24.0 Å². The highest BCUT2D eigenvalue weighted by molar-refractivity contribution is 5.97. The van der Waals surface area contributed by atoms with Crippen LogP contribution in [0.15, 0.2) is 53.5 Å². The Balaban J connectivity index is 1.45. The van der Waals surface area contributed by atoms with Crippen LogP contribution in [0.4, 0.5) is 0 Å². The maximum atomic E-state index is 12.7. The second-order valence-corrected chi connectivity index (χ2v) is 7.01. The summed E-state index contributed by atoms with van der Waals surface area (Å²) in [5.74, 6) is 0.320. The third kappa shape index (κ3) is 3.51. The highest BCUT2D eigenvalue weighted by Crippen LogP contribution is 2.30. The SMILES string of the molecule is O=C(NO)c1ccc2ccn(CCCOc3cccc4c3CCC4)c(=O)c2c1. The smallest absolute Gasteiger partial charge is 0.274 e. The van der Waals surface area contributed by atoms with E-state index in [2.05, 4.69) is 6.07 Å². The Kier molecular flexibility index (Phi) is 5.12. The van der Waals surface area contributed by atoms with Gasteiger partial charge in [0.1, 0.15) is 5.75 Å². The number of carbonyl (C=O) groups excluding carboxylic acids is 1. The van der Waals surface area contributed by atoms with E-state index in [9.17, 15) is 9.59 Å². The van der Waals surface area contributed by atoms with Crippen molar-refractivity contribution < 1.29 is 14.7 Å². The molecule has 6 heteroatoms. The number of fused-ring (bicyclic) bond motifs is 2. The molecule has 1 aliphatic rings. The molecule has 0 unspecified atom stereocenters. The highest BCUT2D eigenvalue weighted by Gasteiger charge is 2.15. The van der Waals surface area contributed by atoms with Crippen molar-refractivity contribution in [2.24, 2.45) is 0 Å². The Bertz CT molecular complexity index is 1090. The maximum absolute atomic E-state index is 12.7. The number of aryl methyl sites for hydroxylation is 2. The van der Waals surface area contributed by atoms with Crippen molar-refractivity contribution in [1.29, 1.82) is 0 Å². The van der Waals surface area contributed by atoms with E-state index in [4.69, 9.17) is 9.94 Å². The number of aromatic nitrogens is 1. The lowest BCUT2D eigenvalue weighted by Crippen LogP contribution is -2.22. The zero-order chi connectivity index (χ0) is 19.5. The van der Waals surface area contributed by atoms with Gasteiger partial charge in [-0.1, -0.05) is 18.2 Å². The van der Waals surface area contributed by atoms with Gasteiger partial charge in [-0.05, 0) is 66.5 Å². The molecule has 0 atom stereocenters. The van der Waals surface area contributed by atoms with Gasteiger partial charge in [0.2, 0.25) is 0 Å². The third-order valence-corrected chi connectivity index (χ3v) is 5.25. The summed E-state index contributed by atoms with van der Waals surface area (Å²) in [4.78, 5) is 24.3. The van der Waals surface area contributed by atoms with Gasteiger partial charge in [0, 0.05) is 23.7 Å². The number of pyridine rings is 1. The molecule has 0 radical (unpaired) electrons. The van der Waals surface area contributed by atoms with E-state index < -0.39 is 5.91 Å². The van der Waals surface area contributed by atoms with Crippen molar-refractivity contribution in [1.82, 2.24) is 10.0 Å². The van der Waals surface area contributed by atoms with Crippen LogP contribution in [0.25, 0.3) is 10.8 Å². The van der Waals surface area contributed by atoms with E-state index in [-0.39, 0.29) is 11.1 Å². The van der Waals surface area contributed by atoms with Gasteiger partial charge in [-0.15, -0.1) is 0 Å². The van der Waals surface area contributed by atoms with Crippen molar-refractivity contribution in [3.8, 4) is 5.75 Å². The summed E-state index contributed by atoms with van der Waals surface area (Å²) >= 11 is 0. The molecule has 1 aromatic heterocycles. The third-order valence-electron chi connectivity index (χ3n) is 5.25. The molecule has 0 bridgehead atoms. The Morgan fingerprint density at radius 2 is 2.07 bits per heavy atom. The zero-order valence-corrected chi connectivity index (χ0v) is 15.5. The second kappa shape index (κ2) is 7.86. The number of amides is 1. The Labute approximate surface area is 162 Å². The fourth-order valence-electron chi connectivity index (χ4n) is 3.80. The summed E-state index contributed by atoms with van der Waals surface area (Å²) in [7, 11) is 0. The van der Waals surface area contributed by atoms with Crippen LogP contribution in [0.2, 0.25) is 0 Å². The van der Waals surface area contributed by atoms with E-state index >= 15 is 0 Å². The number of ether oxygens (including phenoxy) is 1. The molecule has 0 fully saturated rings. The summed E-state index contributed by atoms with van der Waals surface area (Å²) in [6, 6.07) is 12.8. The highest BCUT2D eigenvalue weighted by atomic mass is 16.5. The fourth-order valence-corrected chi connectivity index (χ4v) is 3.80. The molecular weight excluding hydrogens is 356 g/mol. The first-order valence-corrected chi connectivity index (χ1v) is 9.48. The van der Waals surface area contributed by atoms with E-state index in [1.807, 2.05) is 18.2 Å². The topological polar surface area (TPSA) is 80.6 Å². The lowest BCUT2D eigenvalue weighted by molar-refractivity contribution is 0.0706. The molecule has 1 amide bonds. The van der Waals surface area contributed by atoms with Gasteiger partial charge in [0.15, 0.2) is 0 Å². The van der Waals surface area contributed by atoms with E-state index in [0.29, 0.717) is 25.0 Å². The van der Waals surface area contributed by atoms with Gasteiger partial charge in [-0.2, -0.15) is 0 Å². The van der Waals surface area contributed by atoms with Crippen LogP contribution in [0, 0.1) is 0 Å². The number of carbonyl (C=O) groups is 1. The molecule has 3 aromatic rings. The minimum atomic E-state index is -0.638. The zero-order valence-electron chi connectivity index (χ0n) is 15.5. The van der Waals surface area contributed by atoms with Crippen LogP contribution in [0.5, 0.6) is 5.75 Å². The van der Waals surface area contributed by atoms with Gasteiger partial charge < -0.3 is 9.30 Å². The maximum Gasteiger partial charge on any atom is 0.274 e. The van der Waals surface area contributed by atoms with Crippen LogP contribution in [0.3, 0.4) is 0 Å². The van der Waals surface area contributed by atoms with Gasteiger partial charge in [0.25, 0.3) is 11.5 Å². The lowest BCUT2D eigenvalue weighted by atomic mass is 10.1.